The molecule has 0 bridgehead atoms. The Morgan fingerprint density at radius 3 is 2.24 bits per heavy atom. The zero-order valence-electron chi connectivity index (χ0n) is 16.5. The van der Waals surface area contributed by atoms with E-state index in [2.05, 4.69) is 10.7 Å². The number of halogens is 1. The predicted octanol–water partition coefficient (Wildman–Crippen LogP) is 4.47. The van der Waals surface area contributed by atoms with E-state index in [4.69, 9.17) is 16.3 Å². The van der Waals surface area contributed by atoms with Crippen LogP contribution < -0.4 is 15.5 Å². The molecule has 6 nitrogen and oxygen atoms in total. The molecule has 0 spiro atoms. The minimum atomic E-state index is -0.282. The average Bonchev–Trinajstić information content (AvgIpc) is 3.01. The lowest BCUT2D eigenvalue weighted by Crippen LogP contribution is -2.24. The van der Waals surface area contributed by atoms with Crippen molar-refractivity contribution in [2.24, 2.45) is 0 Å². The minimum absolute atomic E-state index is 0.143. The summed E-state index contributed by atoms with van der Waals surface area (Å²) in [6.45, 7) is 5.56. The number of hydrogen-bond donors (Lipinski definition) is 2. The fraction of sp³-hybridized carbons (Fsp3) is 0.182. The van der Waals surface area contributed by atoms with Crippen LogP contribution >= 0.6 is 11.6 Å². The van der Waals surface area contributed by atoms with Crippen molar-refractivity contribution in [1.29, 1.82) is 0 Å². The highest BCUT2D eigenvalue weighted by molar-refractivity contribution is 6.30. The molecule has 0 aliphatic rings. The number of carbonyl (C=O) groups excluding carboxylic acids is 2. The van der Waals surface area contributed by atoms with Gasteiger partial charge in [0.25, 0.3) is 11.8 Å². The molecule has 7 heteroatoms. The quantitative estimate of drug-likeness (QED) is 0.628. The SMILES string of the molecule is Cc1cc(Cl)ccc1NC(=O)COc1ccc(C(=O)Nn2c(C)ccc2C)cc1. The number of carbonyl (C=O) groups is 2. The largest absolute Gasteiger partial charge is 0.484 e. The van der Waals surface area contributed by atoms with Gasteiger partial charge in [-0.25, -0.2) is 0 Å². The predicted molar refractivity (Wildman–Crippen MR) is 114 cm³/mol. The van der Waals surface area contributed by atoms with Gasteiger partial charge in [-0.3, -0.25) is 19.7 Å². The number of benzene rings is 2. The Morgan fingerprint density at radius 2 is 1.62 bits per heavy atom. The molecule has 2 amide bonds. The lowest BCUT2D eigenvalue weighted by Gasteiger charge is -2.12. The Hall–Kier alpha value is -3.25. The van der Waals surface area contributed by atoms with Gasteiger partial charge in [0.1, 0.15) is 5.75 Å². The summed E-state index contributed by atoms with van der Waals surface area (Å²) in [6, 6.07) is 15.7. The van der Waals surface area contributed by atoms with Crippen molar-refractivity contribution < 1.29 is 14.3 Å². The molecule has 0 aliphatic heterocycles. The van der Waals surface area contributed by atoms with Crippen molar-refractivity contribution in [1.82, 2.24) is 4.68 Å². The van der Waals surface area contributed by atoms with E-state index in [0.717, 1.165) is 17.0 Å². The van der Waals surface area contributed by atoms with Gasteiger partial charge in [-0.2, -0.15) is 0 Å². The summed E-state index contributed by atoms with van der Waals surface area (Å²) in [5.74, 6) is -0.0106. The Morgan fingerprint density at radius 1 is 0.966 bits per heavy atom. The number of rotatable bonds is 6. The molecule has 0 saturated heterocycles. The van der Waals surface area contributed by atoms with Crippen molar-refractivity contribution in [3.05, 3.63) is 82.1 Å². The molecule has 29 heavy (non-hydrogen) atoms. The number of hydrogen-bond acceptors (Lipinski definition) is 3. The first-order valence-corrected chi connectivity index (χ1v) is 9.46. The van der Waals surface area contributed by atoms with E-state index in [9.17, 15) is 9.59 Å². The first-order chi connectivity index (χ1) is 13.8. The Labute approximate surface area is 174 Å². The van der Waals surface area contributed by atoms with Crippen LogP contribution in [0, 0.1) is 20.8 Å². The van der Waals surface area contributed by atoms with E-state index in [0.29, 0.717) is 22.0 Å². The maximum Gasteiger partial charge on any atom is 0.270 e. The molecule has 2 N–H and O–H groups in total. The normalized spacial score (nSPS) is 10.5. The molecule has 3 rings (SSSR count). The molecule has 0 saturated carbocycles. The fourth-order valence-electron chi connectivity index (χ4n) is 2.82. The Bertz CT molecular complexity index is 1020. The van der Waals surface area contributed by atoms with Crippen LogP contribution in [-0.4, -0.2) is 23.1 Å². The van der Waals surface area contributed by atoms with Crippen LogP contribution in [0.15, 0.2) is 54.6 Å². The van der Waals surface area contributed by atoms with Gasteiger partial charge in [0.2, 0.25) is 0 Å². The summed E-state index contributed by atoms with van der Waals surface area (Å²) in [5.41, 5.74) is 6.78. The molecule has 0 aliphatic carbocycles. The van der Waals surface area contributed by atoms with Crippen molar-refractivity contribution in [2.75, 3.05) is 17.3 Å². The molecule has 1 aromatic heterocycles. The molecule has 0 fully saturated rings. The summed E-state index contributed by atoms with van der Waals surface area (Å²) in [4.78, 5) is 24.5. The molecule has 0 atom stereocenters. The van der Waals surface area contributed by atoms with Crippen LogP contribution in [0.3, 0.4) is 0 Å². The van der Waals surface area contributed by atoms with E-state index < -0.39 is 0 Å². The standard InChI is InChI=1S/C22H22ClN3O3/c1-14-12-18(23)8-11-20(14)24-21(27)13-29-19-9-6-17(7-10-19)22(28)25-26-15(2)4-5-16(26)3/h4-12H,13H2,1-3H3,(H,24,27)(H,25,28). The summed E-state index contributed by atoms with van der Waals surface area (Å²) >= 11 is 5.92. The second-order valence-corrected chi connectivity index (χ2v) is 7.15. The van der Waals surface area contributed by atoms with Crippen molar-refractivity contribution in [2.45, 2.75) is 20.8 Å². The number of nitrogens with one attached hydrogen (secondary N) is 2. The first-order valence-electron chi connectivity index (χ1n) is 9.08. The topological polar surface area (TPSA) is 72.4 Å². The molecule has 0 unspecified atom stereocenters. The molecule has 1 heterocycles. The highest BCUT2D eigenvalue weighted by Crippen LogP contribution is 2.19. The minimum Gasteiger partial charge on any atom is -0.484 e. The molecule has 2 aromatic carbocycles. The second kappa shape index (κ2) is 8.84. The van der Waals surface area contributed by atoms with Crippen LogP contribution in [0.4, 0.5) is 5.69 Å². The summed E-state index contributed by atoms with van der Waals surface area (Å²) < 4.78 is 7.24. The monoisotopic (exact) mass is 411 g/mol. The van der Waals surface area contributed by atoms with Gasteiger partial charge in [0, 0.05) is 27.7 Å². The maximum absolute atomic E-state index is 12.4. The van der Waals surface area contributed by atoms with Gasteiger partial charge in [-0.15, -0.1) is 0 Å². The molecule has 3 aromatic rings. The van der Waals surface area contributed by atoms with Gasteiger partial charge >= 0.3 is 0 Å². The third-order valence-electron chi connectivity index (χ3n) is 4.43. The Kier molecular flexibility index (Phi) is 6.24. The third-order valence-corrected chi connectivity index (χ3v) is 4.67. The van der Waals surface area contributed by atoms with Gasteiger partial charge in [0.15, 0.2) is 6.61 Å². The lowest BCUT2D eigenvalue weighted by molar-refractivity contribution is -0.118. The van der Waals surface area contributed by atoms with E-state index >= 15 is 0 Å². The molecular weight excluding hydrogens is 390 g/mol. The highest BCUT2D eigenvalue weighted by atomic mass is 35.5. The first kappa shape index (κ1) is 20.5. The summed E-state index contributed by atoms with van der Waals surface area (Å²) in [5, 5.41) is 3.40. The second-order valence-electron chi connectivity index (χ2n) is 6.71. The Balaban J connectivity index is 1.55. The van der Waals surface area contributed by atoms with Gasteiger partial charge in [-0.1, -0.05) is 11.6 Å². The fourth-order valence-corrected chi connectivity index (χ4v) is 3.04. The van der Waals surface area contributed by atoms with Crippen molar-refractivity contribution >= 4 is 29.1 Å². The number of aromatic nitrogens is 1. The summed E-state index contributed by atoms with van der Waals surface area (Å²) in [6.07, 6.45) is 0. The maximum atomic E-state index is 12.4. The van der Waals surface area contributed by atoms with E-state index in [1.54, 1.807) is 47.1 Å². The zero-order valence-corrected chi connectivity index (χ0v) is 17.2. The van der Waals surface area contributed by atoms with E-state index in [1.165, 1.54) is 0 Å². The van der Waals surface area contributed by atoms with Gasteiger partial charge < -0.3 is 10.1 Å². The zero-order chi connectivity index (χ0) is 21.0. The van der Waals surface area contributed by atoms with Crippen LogP contribution in [0.1, 0.15) is 27.3 Å². The van der Waals surface area contributed by atoms with Crippen LogP contribution in [-0.2, 0) is 4.79 Å². The smallest absolute Gasteiger partial charge is 0.270 e. The number of nitrogens with zero attached hydrogens (tertiary/aromatic N) is 1. The van der Waals surface area contributed by atoms with Gasteiger partial charge in [-0.05, 0) is 80.9 Å². The van der Waals surface area contributed by atoms with Crippen LogP contribution in [0.5, 0.6) is 5.75 Å². The number of aryl methyl sites for hydroxylation is 3. The van der Waals surface area contributed by atoms with Crippen LogP contribution in [0.25, 0.3) is 0 Å². The average molecular weight is 412 g/mol. The molecule has 0 radical (unpaired) electrons. The van der Waals surface area contributed by atoms with Gasteiger partial charge in [0.05, 0.1) is 0 Å². The van der Waals surface area contributed by atoms with Crippen LogP contribution in [0.2, 0.25) is 5.02 Å². The number of anilines is 1. The third kappa shape index (κ3) is 5.18. The lowest BCUT2D eigenvalue weighted by atomic mass is 10.2. The van der Waals surface area contributed by atoms with Crippen molar-refractivity contribution in [3.8, 4) is 5.75 Å². The number of ether oxygens (including phenoxy) is 1. The van der Waals surface area contributed by atoms with E-state index in [-0.39, 0.29) is 18.4 Å². The van der Waals surface area contributed by atoms with E-state index in [1.807, 2.05) is 32.9 Å². The number of amides is 2. The highest BCUT2D eigenvalue weighted by Gasteiger charge is 2.10. The van der Waals surface area contributed by atoms with Crippen molar-refractivity contribution in [3.63, 3.8) is 0 Å². The molecular formula is C22H22ClN3O3. The molecule has 150 valence electrons. The summed E-state index contributed by atoms with van der Waals surface area (Å²) in [7, 11) is 0.